The molecule has 1 unspecified atom stereocenters. The van der Waals surface area contributed by atoms with Crippen molar-refractivity contribution in [3.05, 3.63) is 65.9 Å². The van der Waals surface area contributed by atoms with Crippen LogP contribution in [0.3, 0.4) is 0 Å². The number of amidine groups is 1. The number of aliphatic hydroxyl groups is 1. The second kappa shape index (κ2) is 19.5. The molecular weight excluding hydrogens is 532 g/mol. The van der Waals surface area contributed by atoms with Crippen molar-refractivity contribution in [2.75, 3.05) is 44.7 Å². The molecule has 1 amide bonds. The summed E-state index contributed by atoms with van der Waals surface area (Å²) in [7, 11) is 1.97. The van der Waals surface area contributed by atoms with E-state index in [1.807, 2.05) is 37.9 Å². The fraction of sp³-hybridized carbons (Fsp3) is 0.588. The number of aliphatic imine (C=N–C) groups is 1. The van der Waals surface area contributed by atoms with Crippen LogP contribution < -0.4 is 10.2 Å². The summed E-state index contributed by atoms with van der Waals surface area (Å²) in [5.41, 5.74) is 2.56. The Morgan fingerprint density at radius 2 is 1.93 bits per heavy atom. The number of carbonyl (C=O) groups is 1. The highest BCUT2D eigenvalue weighted by atomic mass is 35.5. The number of hydrogen-bond donors (Lipinski definition) is 2. The molecule has 1 heterocycles. The van der Waals surface area contributed by atoms with Crippen molar-refractivity contribution in [3.8, 4) is 0 Å². The highest BCUT2D eigenvalue weighted by molar-refractivity contribution is 6.34. The average Bonchev–Trinajstić information content (AvgIpc) is 3.76. The van der Waals surface area contributed by atoms with Crippen LogP contribution in [0.2, 0.25) is 5.02 Å². The molecule has 2 fully saturated rings. The lowest BCUT2D eigenvalue weighted by Crippen LogP contribution is -2.41. The first-order valence-electron chi connectivity index (χ1n) is 15.4. The number of carbonyl (C=O) groups excluding carboxylic acids is 1. The smallest absolute Gasteiger partial charge is 0.223 e. The Morgan fingerprint density at radius 1 is 1.27 bits per heavy atom. The van der Waals surface area contributed by atoms with Crippen molar-refractivity contribution in [2.24, 2.45) is 22.2 Å². The summed E-state index contributed by atoms with van der Waals surface area (Å²) in [5, 5.41) is 12.2. The van der Waals surface area contributed by atoms with Gasteiger partial charge in [-0.3, -0.25) is 4.79 Å². The van der Waals surface area contributed by atoms with Gasteiger partial charge in [-0.15, -0.1) is 0 Å². The Hall–Kier alpha value is -2.57. The first-order valence-corrected chi connectivity index (χ1v) is 15.7. The molecule has 2 aliphatic rings. The van der Waals surface area contributed by atoms with E-state index in [-0.39, 0.29) is 18.4 Å². The number of hydrogen-bond acceptors (Lipinski definition) is 4. The molecule has 1 aliphatic heterocycles. The van der Waals surface area contributed by atoms with Crippen molar-refractivity contribution in [1.82, 2.24) is 10.2 Å². The van der Waals surface area contributed by atoms with Crippen molar-refractivity contribution < 1.29 is 9.90 Å². The molecule has 0 bridgehead atoms. The van der Waals surface area contributed by atoms with Gasteiger partial charge in [-0.25, -0.2) is 4.99 Å². The topological polar surface area (TPSA) is 68.2 Å². The van der Waals surface area contributed by atoms with E-state index in [2.05, 4.69) is 79.9 Å². The number of amides is 1. The predicted molar refractivity (Wildman–Crippen MR) is 178 cm³/mol. The van der Waals surface area contributed by atoms with Crippen molar-refractivity contribution in [3.63, 3.8) is 0 Å². The summed E-state index contributed by atoms with van der Waals surface area (Å²) in [6, 6.07) is 6.01. The van der Waals surface area contributed by atoms with Gasteiger partial charge in [-0.1, -0.05) is 77.1 Å². The number of allylic oxidation sites excluding steroid dienone is 4. The fourth-order valence-electron chi connectivity index (χ4n) is 4.55. The van der Waals surface area contributed by atoms with E-state index >= 15 is 0 Å². The van der Waals surface area contributed by atoms with Crippen molar-refractivity contribution in [2.45, 2.75) is 73.6 Å². The molecule has 0 aromatic heterocycles. The minimum atomic E-state index is -0.0280. The fourth-order valence-corrected chi connectivity index (χ4v) is 4.80. The molecule has 2 N–H and O–H groups in total. The molecule has 1 aromatic rings. The highest BCUT2D eigenvalue weighted by Crippen LogP contribution is 2.51. The molecule has 41 heavy (non-hydrogen) atoms. The van der Waals surface area contributed by atoms with Crippen LogP contribution in [-0.4, -0.2) is 61.6 Å². The van der Waals surface area contributed by atoms with Crippen molar-refractivity contribution in [1.29, 1.82) is 0 Å². The van der Waals surface area contributed by atoms with Gasteiger partial charge in [0.2, 0.25) is 5.91 Å². The Morgan fingerprint density at radius 3 is 2.44 bits per heavy atom. The van der Waals surface area contributed by atoms with E-state index in [0.717, 1.165) is 61.9 Å². The van der Waals surface area contributed by atoms with Crippen LogP contribution in [0.1, 0.15) is 79.2 Å². The number of halogens is 1. The van der Waals surface area contributed by atoms with Crippen LogP contribution in [-0.2, 0) is 4.79 Å². The van der Waals surface area contributed by atoms with Crippen LogP contribution in [0.4, 0.5) is 5.69 Å². The quantitative estimate of drug-likeness (QED) is 0.160. The Balaban J connectivity index is 0.000000500. The summed E-state index contributed by atoms with van der Waals surface area (Å²) in [6.07, 6.45) is 15.9. The maximum Gasteiger partial charge on any atom is 0.223 e. The van der Waals surface area contributed by atoms with Gasteiger partial charge in [-0.05, 0) is 68.6 Å². The lowest BCUT2D eigenvalue weighted by Gasteiger charge is -2.33. The zero-order chi connectivity index (χ0) is 30.8. The van der Waals surface area contributed by atoms with E-state index in [0.29, 0.717) is 17.0 Å². The third-order valence-corrected chi connectivity index (χ3v) is 8.22. The van der Waals surface area contributed by atoms with Crippen LogP contribution >= 0.6 is 11.6 Å². The zero-order valence-corrected chi connectivity index (χ0v) is 27.4. The number of benzene rings is 1. The van der Waals surface area contributed by atoms with Crippen molar-refractivity contribution >= 4 is 29.0 Å². The zero-order valence-electron chi connectivity index (χ0n) is 26.6. The Kier molecular flexibility index (Phi) is 17.4. The first-order chi connectivity index (χ1) is 19.7. The van der Waals surface area contributed by atoms with Gasteiger partial charge in [0, 0.05) is 56.6 Å². The molecule has 0 spiro atoms. The van der Waals surface area contributed by atoms with Gasteiger partial charge in [0.1, 0.15) is 5.84 Å². The molecule has 1 saturated carbocycles. The molecule has 0 radical (unpaired) electrons. The van der Waals surface area contributed by atoms with E-state index in [9.17, 15) is 4.79 Å². The largest absolute Gasteiger partial charge is 0.395 e. The highest BCUT2D eigenvalue weighted by Gasteiger charge is 2.40. The average molecular weight is 587 g/mol. The third kappa shape index (κ3) is 12.1. The summed E-state index contributed by atoms with van der Waals surface area (Å²) in [6.45, 7) is 19.3. The molecule has 1 aromatic carbocycles. The number of nitrogens with zero attached hydrogens (tertiary/aromatic N) is 3. The molecule has 7 heteroatoms. The van der Waals surface area contributed by atoms with Crippen LogP contribution in [0, 0.1) is 17.3 Å². The molecule has 3 rings (SSSR count). The monoisotopic (exact) mass is 586 g/mol. The molecule has 1 atom stereocenters. The summed E-state index contributed by atoms with van der Waals surface area (Å²) in [5.74, 6) is 1.58. The van der Waals surface area contributed by atoms with E-state index in [4.69, 9.17) is 16.7 Å². The van der Waals surface area contributed by atoms with Gasteiger partial charge >= 0.3 is 0 Å². The van der Waals surface area contributed by atoms with Crippen LogP contribution in [0.15, 0.2) is 60.3 Å². The van der Waals surface area contributed by atoms with E-state index in [1.54, 1.807) is 0 Å². The second-order valence-electron chi connectivity index (χ2n) is 10.8. The standard InChI is InChI=1S/C20H29ClN4O2.C12H20.C2H6/c1-4-22-19(24(3)5-2)17-7-6-16(14-18(17)21)25-11-8-15(9-12-25)20(27)23-10-13-26;1-4-5-6-7-8-11(2)12(3)9-10-12;1-2/h4,6-7,14-15,26H,1,5,8-13H2,2-3H3,(H,23,27);5-8,11H,4,9-10H2,1-3H3;1-2H3/b;6-5-,8-7-;. The van der Waals surface area contributed by atoms with Gasteiger partial charge in [0.15, 0.2) is 0 Å². The van der Waals surface area contributed by atoms with Gasteiger partial charge < -0.3 is 20.2 Å². The molecular formula is C34H55ClN4O2. The van der Waals surface area contributed by atoms with Gasteiger partial charge in [-0.2, -0.15) is 0 Å². The summed E-state index contributed by atoms with van der Waals surface area (Å²) >= 11 is 6.56. The normalized spacial score (nSPS) is 17.3. The number of piperidine rings is 1. The SMILES string of the molecule is C=CN=C(c1ccc(N2CCC(C(=O)NCCO)CC2)cc1Cl)N(C)CC.CC.CC/C=C\C=C/C(C)C1(C)CC1. The maximum absolute atomic E-state index is 12.0. The first kappa shape index (κ1) is 36.5. The van der Waals surface area contributed by atoms with E-state index in [1.165, 1.54) is 19.0 Å². The van der Waals surface area contributed by atoms with Crippen LogP contribution in [0.25, 0.3) is 0 Å². The molecule has 230 valence electrons. The lowest BCUT2D eigenvalue weighted by molar-refractivity contribution is -0.125. The minimum Gasteiger partial charge on any atom is -0.395 e. The van der Waals surface area contributed by atoms with Crippen LogP contribution in [0.5, 0.6) is 0 Å². The number of aliphatic hydroxyl groups excluding tert-OH is 1. The summed E-state index contributed by atoms with van der Waals surface area (Å²) in [4.78, 5) is 20.7. The summed E-state index contributed by atoms with van der Waals surface area (Å²) < 4.78 is 0. The molecule has 1 aliphatic carbocycles. The third-order valence-electron chi connectivity index (χ3n) is 7.91. The van der Waals surface area contributed by atoms with E-state index < -0.39 is 0 Å². The predicted octanol–water partition coefficient (Wildman–Crippen LogP) is 7.48. The number of anilines is 1. The number of nitrogens with one attached hydrogen (secondary N) is 1. The Labute approximate surface area is 255 Å². The number of rotatable bonds is 11. The maximum atomic E-state index is 12.0. The van der Waals surface area contributed by atoms with Gasteiger partial charge in [0.25, 0.3) is 0 Å². The Bertz CT molecular complexity index is 1010. The second-order valence-corrected chi connectivity index (χ2v) is 11.2. The molecule has 6 nitrogen and oxygen atoms in total. The lowest BCUT2D eigenvalue weighted by atomic mass is 9.92. The molecule has 1 saturated heterocycles. The van der Waals surface area contributed by atoms with Gasteiger partial charge in [0.05, 0.1) is 11.6 Å². The minimum absolute atomic E-state index is 0.00655.